The van der Waals surface area contributed by atoms with Gasteiger partial charge in [0.15, 0.2) is 5.82 Å². The maximum absolute atomic E-state index is 14.3. The second-order valence-corrected chi connectivity index (χ2v) is 9.89. The van der Waals surface area contributed by atoms with E-state index in [2.05, 4.69) is 25.0 Å². The van der Waals surface area contributed by atoms with Gasteiger partial charge in [0, 0.05) is 44.1 Å². The van der Waals surface area contributed by atoms with E-state index in [0.29, 0.717) is 48.9 Å². The number of anilines is 2. The van der Waals surface area contributed by atoms with Crippen LogP contribution in [0.3, 0.4) is 0 Å². The lowest BCUT2D eigenvalue weighted by molar-refractivity contribution is 0.213. The minimum absolute atomic E-state index is 0.237. The highest BCUT2D eigenvalue weighted by Gasteiger charge is 2.34. The predicted molar refractivity (Wildman–Crippen MR) is 130 cm³/mol. The maximum atomic E-state index is 14.3. The van der Waals surface area contributed by atoms with Crippen LogP contribution in [0.2, 0.25) is 0 Å². The first-order valence-electron chi connectivity index (χ1n) is 12.4. The Balaban J connectivity index is 1.11. The number of halogens is 2. The summed E-state index contributed by atoms with van der Waals surface area (Å²) < 4.78 is 39.2. The molecule has 2 aliphatic heterocycles. The van der Waals surface area contributed by atoms with Crippen molar-refractivity contribution in [2.24, 2.45) is 11.7 Å². The molecule has 2 aromatic heterocycles. The van der Waals surface area contributed by atoms with Crippen LogP contribution in [-0.2, 0) is 0 Å². The number of hydrogen-bond acceptors (Lipinski definition) is 9. The molecule has 2 atom stereocenters. The highest BCUT2D eigenvalue weighted by molar-refractivity contribution is 5.42. The summed E-state index contributed by atoms with van der Waals surface area (Å²) in [4.78, 5) is 17.4. The molecule has 36 heavy (non-hydrogen) atoms. The Morgan fingerprint density at radius 3 is 2.61 bits per heavy atom. The minimum Gasteiger partial charge on any atom is -0.476 e. The molecule has 0 aliphatic carbocycles. The molecule has 0 amide bonds. The van der Waals surface area contributed by atoms with Crippen molar-refractivity contribution in [3.05, 3.63) is 53.6 Å². The van der Waals surface area contributed by atoms with Gasteiger partial charge in [-0.05, 0) is 42.5 Å². The van der Waals surface area contributed by atoms with Gasteiger partial charge in [-0.2, -0.15) is 4.98 Å². The van der Waals surface area contributed by atoms with Gasteiger partial charge in [0.1, 0.15) is 17.5 Å². The Morgan fingerprint density at radius 2 is 1.92 bits per heavy atom. The molecule has 5 rings (SSSR count). The third-order valence-corrected chi connectivity index (χ3v) is 6.96. The van der Waals surface area contributed by atoms with Crippen molar-refractivity contribution < 1.29 is 18.0 Å². The van der Waals surface area contributed by atoms with E-state index >= 15 is 0 Å². The van der Waals surface area contributed by atoms with E-state index in [4.69, 9.17) is 15.0 Å². The fourth-order valence-electron chi connectivity index (χ4n) is 4.77. The first kappa shape index (κ1) is 24.4. The van der Waals surface area contributed by atoms with Gasteiger partial charge < -0.3 is 24.8 Å². The summed E-state index contributed by atoms with van der Waals surface area (Å²) in [6.07, 6.45) is 5.14. The van der Waals surface area contributed by atoms with E-state index < -0.39 is 11.6 Å². The molecule has 2 N–H and O–H groups in total. The highest BCUT2D eigenvalue weighted by Crippen LogP contribution is 2.31. The number of piperidine rings is 1. The molecular formula is C25H31F2N7O2. The normalized spacial score (nSPS) is 20.9. The van der Waals surface area contributed by atoms with Crippen LogP contribution in [0, 0.1) is 17.6 Å². The number of ether oxygens (including phenoxy) is 1. The van der Waals surface area contributed by atoms with Gasteiger partial charge in [0.05, 0.1) is 19.0 Å². The molecule has 192 valence electrons. The summed E-state index contributed by atoms with van der Waals surface area (Å²) in [7, 11) is 0. The molecule has 1 aromatic carbocycles. The molecular weight excluding hydrogens is 468 g/mol. The molecule has 0 unspecified atom stereocenters. The lowest BCUT2D eigenvalue weighted by Crippen LogP contribution is -2.35. The summed E-state index contributed by atoms with van der Waals surface area (Å²) >= 11 is 0. The van der Waals surface area contributed by atoms with Crippen molar-refractivity contribution in [2.75, 3.05) is 42.6 Å². The summed E-state index contributed by atoms with van der Waals surface area (Å²) in [5.74, 6) is 1.20. The van der Waals surface area contributed by atoms with Crippen molar-refractivity contribution >= 4 is 11.8 Å². The van der Waals surface area contributed by atoms with Crippen LogP contribution in [0.4, 0.5) is 20.6 Å². The van der Waals surface area contributed by atoms with Crippen LogP contribution in [0.1, 0.15) is 49.9 Å². The number of rotatable bonds is 7. The Labute approximate surface area is 208 Å². The lowest BCUT2D eigenvalue weighted by Gasteiger charge is -2.30. The maximum Gasteiger partial charge on any atom is 0.324 e. The van der Waals surface area contributed by atoms with Gasteiger partial charge in [-0.25, -0.2) is 18.7 Å². The zero-order valence-corrected chi connectivity index (χ0v) is 20.5. The van der Waals surface area contributed by atoms with E-state index in [0.717, 1.165) is 43.9 Å². The quantitative estimate of drug-likeness (QED) is 0.523. The molecule has 0 bridgehead atoms. The number of aromatic nitrogens is 4. The first-order chi connectivity index (χ1) is 17.4. The molecule has 9 nitrogen and oxygen atoms in total. The monoisotopic (exact) mass is 499 g/mol. The number of nitrogens with two attached hydrogens (primary N) is 1. The molecule has 0 spiro atoms. The van der Waals surface area contributed by atoms with E-state index in [-0.39, 0.29) is 17.9 Å². The Bertz CT molecular complexity index is 1170. The van der Waals surface area contributed by atoms with Gasteiger partial charge in [0.2, 0.25) is 5.88 Å². The summed E-state index contributed by atoms with van der Waals surface area (Å²) in [6.45, 7) is 7.22. The first-order valence-corrected chi connectivity index (χ1v) is 12.4. The standard InChI is InChI=1S/C25H31F2N7O2/c1-15(2)24-31-25(36-32-24)33-7-5-16(6-8-33)14-35-23-11-29-22(10-30-23)34-12-19(21(28)13-34)18-9-17(26)3-4-20(18)27/h3-4,9-11,15-16,19,21H,5-8,12-14,28H2,1-2H3/t19-,21+/m1/s1. The van der Waals surface area contributed by atoms with Crippen molar-refractivity contribution in [2.45, 2.75) is 44.6 Å². The molecule has 0 radical (unpaired) electrons. The average Bonchev–Trinajstić information content (AvgIpc) is 3.52. The zero-order valence-electron chi connectivity index (χ0n) is 20.5. The Morgan fingerprint density at radius 1 is 1.11 bits per heavy atom. The van der Waals surface area contributed by atoms with Crippen LogP contribution < -0.4 is 20.3 Å². The average molecular weight is 500 g/mol. The van der Waals surface area contributed by atoms with E-state index in [1.165, 1.54) is 6.07 Å². The SMILES string of the molecule is CC(C)c1noc(N2CCC(COc3cnc(N4C[C@H](c5cc(F)ccc5F)[C@@H](N)C4)cn3)CC2)n1. The Hall–Kier alpha value is -3.34. The second kappa shape index (κ2) is 10.3. The van der Waals surface area contributed by atoms with Gasteiger partial charge in [0.25, 0.3) is 0 Å². The summed E-state index contributed by atoms with van der Waals surface area (Å²) in [6, 6.07) is 3.73. The van der Waals surface area contributed by atoms with Crippen molar-refractivity contribution in [1.29, 1.82) is 0 Å². The number of benzene rings is 1. The fraction of sp³-hybridized carbons (Fsp3) is 0.520. The topological polar surface area (TPSA) is 106 Å². The highest BCUT2D eigenvalue weighted by atomic mass is 19.1. The lowest BCUT2D eigenvalue weighted by atomic mass is 9.94. The van der Waals surface area contributed by atoms with Gasteiger partial charge >= 0.3 is 6.01 Å². The van der Waals surface area contributed by atoms with Crippen LogP contribution in [0.25, 0.3) is 0 Å². The van der Waals surface area contributed by atoms with E-state index in [9.17, 15) is 8.78 Å². The number of nitrogens with zero attached hydrogens (tertiary/aromatic N) is 6. The van der Waals surface area contributed by atoms with Crippen molar-refractivity contribution in [3.8, 4) is 5.88 Å². The number of hydrogen-bond donors (Lipinski definition) is 1. The van der Waals surface area contributed by atoms with E-state index in [1.807, 2.05) is 18.7 Å². The fourth-order valence-corrected chi connectivity index (χ4v) is 4.77. The Kier molecular flexibility index (Phi) is 6.99. The van der Waals surface area contributed by atoms with Gasteiger partial charge in [-0.1, -0.05) is 19.0 Å². The second-order valence-electron chi connectivity index (χ2n) is 9.89. The zero-order chi connectivity index (χ0) is 25.2. The van der Waals surface area contributed by atoms with Gasteiger partial charge in [-0.15, -0.1) is 0 Å². The molecule has 4 heterocycles. The van der Waals surface area contributed by atoms with Crippen LogP contribution in [-0.4, -0.2) is 58.9 Å². The van der Waals surface area contributed by atoms with Crippen LogP contribution in [0.15, 0.2) is 35.1 Å². The molecule has 2 saturated heterocycles. The molecule has 11 heteroatoms. The van der Waals surface area contributed by atoms with Crippen LogP contribution >= 0.6 is 0 Å². The largest absolute Gasteiger partial charge is 0.476 e. The minimum atomic E-state index is -0.473. The molecule has 2 aliphatic rings. The van der Waals surface area contributed by atoms with Crippen LogP contribution in [0.5, 0.6) is 5.88 Å². The summed E-state index contributed by atoms with van der Waals surface area (Å²) in [5, 5.41) is 4.04. The smallest absolute Gasteiger partial charge is 0.324 e. The van der Waals surface area contributed by atoms with Crippen molar-refractivity contribution in [1.82, 2.24) is 20.1 Å². The molecule has 2 fully saturated rings. The molecule has 0 saturated carbocycles. The van der Waals surface area contributed by atoms with Crippen molar-refractivity contribution in [3.63, 3.8) is 0 Å². The predicted octanol–water partition coefficient (Wildman–Crippen LogP) is 3.49. The summed E-state index contributed by atoms with van der Waals surface area (Å²) in [5.41, 5.74) is 6.55. The van der Waals surface area contributed by atoms with Gasteiger partial charge in [-0.3, -0.25) is 0 Å². The molecule has 3 aromatic rings. The van der Waals surface area contributed by atoms with E-state index in [1.54, 1.807) is 12.4 Å². The third kappa shape index (κ3) is 5.25. The third-order valence-electron chi connectivity index (χ3n) is 6.96.